The van der Waals surface area contributed by atoms with E-state index >= 15 is 0 Å². The second-order valence-corrected chi connectivity index (χ2v) is 4.87. The molecule has 1 fully saturated rings. The van der Waals surface area contributed by atoms with Gasteiger partial charge in [0.2, 0.25) is 0 Å². The third-order valence-electron chi connectivity index (χ3n) is 3.65. The van der Waals surface area contributed by atoms with Crippen molar-refractivity contribution in [3.8, 4) is 0 Å². The van der Waals surface area contributed by atoms with E-state index in [9.17, 15) is 4.79 Å². The zero-order valence-electron chi connectivity index (χ0n) is 10.5. The van der Waals surface area contributed by atoms with Gasteiger partial charge in [0.1, 0.15) is 5.69 Å². The summed E-state index contributed by atoms with van der Waals surface area (Å²) in [5, 5.41) is 0. The topological polar surface area (TPSA) is 64.2 Å². The number of aryl methyl sites for hydroxylation is 1. The molecule has 5 nitrogen and oxygen atoms in total. The van der Waals surface area contributed by atoms with E-state index in [1.54, 1.807) is 17.1 Å². The minimum atomic E-state index is 0.0467. The van der Waals surface area contributed by atoms with Gasteiger partial charge in [-0.15, -0.1) is 0 Å². The Bertz CT molecular complexity index is 393. The van der Waals surface area contributed by atoms with Crippen molar-refractivity contribution in [2.45, 2.75) is 37.8 Å². The van der Waals surface area contributed by atoms with Crippen LogP contribution in [0.25, 0.3) is 0 Å². The molecule has 0 aromatic carbocycles. The zero-order valence-corrected chi connectivity index (χ0v) is 10.5. The van der Waals surface area contributed by atoms with E-state index in [0.717, 1.165) is 25.7 Å². The molecule has 1 aliphatic carbocycles. The smallest absolute Gasteiger partial charge is 0.272 e. The highest BCUT2D eigenvalue weighted by Gasteiger charge is 2.26. The largest absolute Gasteiger partial charge is 0.337 e. The van der Waals surface area contributed by atoms with Gasteiger partial charge in [0, 0.05) is 26.2 Å². The van der Waals surface area contributed by atoms with Gasteiger partial charge >= 0.3 is 0 Å². The van der Waals surface area contributed by atoms with Gasteiger partial charge in [-0.3, -0.25) is 4.79 Å². The van der Waals surface area contributed by atoms with Crippen molar-refractivity contribution < 1.29 is 4.79 Å². The van der Waals surface area contributed by atoms with Crippen LogP contribution in [0.3, 0.4) is 0 Å². The van der Waals surface area contributed by atoms with Gasteiger partial charge in [-0.05, 0) is 25.7 Å². The SMILES string of the molecule is CN(C(=O)c1cncn1C)C1CCC(N)CC1. The van der Waals surface area contributed by atoms with Crippen molar-refractivity contribution in [2.24, 2.45) is 12.8 Å². The molecule has 1 heterocycles. The summed E-state index contributed by atoms with van der Waals surface area (Å²) in [6, 6.07) is 0.628. The molecule has 1 amide bonds. The monoisotopic (exact) mass is 236 g/mol. The first-order chi connectivity index (χ1) is 8.09. The van der Waals surface area contributed by atoms with E-state index in [1.165, 1.54) is 0 Å². The molecule has 0 radical (unpaired) electrons. The number of nitrogens with two attached hydrogens (primary N) is 1. The predicted octanol–water partition coefficient (Wildman–Crippen LogP) is 0.762. The van der Waals surface area contributed by atoms with Gasteiger partial charge in [-0.25, -0.2) is 4.98 Å². The highest BCUT2D eigenvalue weighted by Crippen LogP contribution is 2.22. The molecule has 1 aromatic heterocycles. The lowest BCUT2D eigenvalue weighted by Gasteiger charge is -2.33. The van der Waals surface area contributed by atoms with Gasteiger partial charge in [0.05, 0.1) is 12.5 Å². The van der Waals surface area contributed by atoms with Crippen LogP contribution in [0.1, 0.15) is 36.2 Å². The Kier molecular flexibility index (Phi) is 3.47. The Labute approximate surface area is 102 Å². The van der Waals surface area contributed by atoms with Crippen LogP contribution >= 0.6 is 0 Å². The van der Waals surface area contributed by atoms with Crippen LogP contribution in [0.5, 0.6) is 0 Å². The first kappa shape index (κ1) is 12.1. The first-order valence-electron chi connectivity index (χ1n) is 6.08. The van der Waals surface area contributed by atoms with Crippen LogP contribution < -0.4 is 5.73 Å². The molecule has 0 aliphatic heterocycles. The van der Waals surface area contributed by atoms with E-state index in [1.807, 2.05) is 19.0 Å². The minimum absolute atomic E-state index is 0.0467. The van der Waals surface area contributed by atoms with Crippen molar-refractivity contribution in [2.75, 3.05) is 7.05 Å². The molecule has 94 valence electrons. The number of amides is 1. The van der Waals surface area contributed by atoms with E-state index in [0.29, 0.717) is 17.8 Å². The van der Waals surface area contributed by atoms with Crippen LogP contribution in [0.4, 0.5) is 0 Å². The van der Waals surface area contributed by atoms with Crippen molar-refractivity contribution in [3.63, 3.8) is 0 Å². The molecule has 2 N–H and O–H groups in total. The Hall–Kier alpha value is -1.36. The van der Waals surface area contributed by atoms with Crippen molar-refractivity contribution >= 4 is 5.91 Å². The van der Waals surface area contributed by atoms with E-state index < -0.39 is 0 Å². The van der Waals surface area contributed by atoms with Gasteiger partial charge in [0.15, 0.2) is 0 Å². The van der Waals surface area contributed by atoms with E-state index in [2.05, 4.69) is 4.98 Å². The summed E-state index contributed by atoms with van der Waals surface area (Å²) in [5.41, 5.74) is 6.52. The number of rotatable bonds is 2. The molecule has 5 heteroatoms. The predicted molar refractivity (Wildman–Crippen MR) is 65.5 cm³/mol. The summed E-state index contributed by atoms with van der Waals surface area (Å²) < 4.78 is 1.76. The lowest BCUT2D eigenvalue weighted by Crippen LogP contribution is -2.42. The summed E-state index contributed by atoms with van der Waals surface area (Å²) >= 11 is 0. The number of carbonyl (C=O) groups excluding carboxylic acids is 1. The highest BCUT2D eigenvalue weighted by molar-refractivity contribution is 5.92. The molecule has 0 atom stereocenters. The molecule has 1 aromatic rings. The highest BCUT2D eigenvalue weighted by atomic mass is 16.2. The second kappa shape index (κ2) is 4.87. The normalized spacial score (nSPS) is 24.6. The van der Waals surface area contributed by atoms with Crippen LogP contribution in [-0.2, 0) is 7.05 Å². The number of hydrogen-bond donors (Lipinski definition) is 1. The summed E-state index contributed by atoms with van der Waals surface area (Å²) in [7, 11) is 3.71. The number of aromatic nitrogens is 2. The number of imidazole rings is 1. The fourth-order valence-corrected chi connectivity index (χ4v) is 2.40. The lowest BCUT2D eigenvalue weighted by molar-refractivity contribution is 0.0680. The quantitative estimate of drug-likeness (QED) is 0.824. The molecule has 0 spiro atoms. The van der Waals surface area contributed by atoms with Gasteiger partial charge in [-0.1, -0.05) is 0 Å². The van der Waals surface area contributed by atoms with Gasteiger partial charge in [-0.2, -0.15) is 0 Å². The minimum Gasteiger partial charge on any atom is -0.337 e. The first-order valence-corrected chi connectivity index (χ1v) is 6.08. The molecule has 17 heavy (non-hydrogen) atoms. The molecule has 0 unspecified atom stereocenters. The van der Waals surface area contributed by atoms with Gasteiger partial charge in [0.25, 0.3) is 5.91 Å². The molecule has 1 aliphatic rings. The number of hydrogen-bond acceptors (Lipinski definition) is 3. The zero-order chi connectivity index (χ0) is 12.4. The lowest BCUT2D eigenvalue weighted by atomic mass is 9.91. The molecule has 1 saturated carbocycles. The summed E-state index contributed by atoms with van der Waals surface area (Å²) in [4.78, 5) is 18.1. The molecular weight excluding hydrogens is 216 g/mol. The maximum absolute atomic E-state index is 12.2. The second-order valence-electron chi connectivity index (χ2n) is 4.87. The molecule has 0 bridgehead atoms. The van der Waals surface area contributed by atoms with Crippen LogP contribution in [0, 0.1) is 0 Å². The Morgan fingerprint density at radius 2 is 2.12 bits per heavy atom. The molecular formula is C12H20N4O. The summed E-state index contributed by atoms with van der Waals surface area (Å²) in [5.74, 6) is 0.0467. The van der Waals surface area contributed by atoms with Crippen LogP contribution in [0.2, 0.25) is 0 Å². The van der Waals surface area contributed by atoms with E-state index in [-0.39, 0.29) is 5.91 Å². The Morgan fingerprint density at radius 3 is 2.65 bits per heavy atom. The van der Waals surface area contributed by atoms with Gasteiger partial charge < -0.3 is 15.2 Å². The maximum atomic E-state index is 12.2. The standard InChI is InChI=1S/C12H20N4O/c1-15-8-14-7-11(15)12(17)16(2)10-5-3-9(13)4-6-10/h7-10H,3-6,13H2,1-2H3. The molecule has 0 saturated heterocycles. The fourth-order valence-electron chi connectivity index (χ4n) is 2.40. The van der Waals surface area contributed by atoms with Crippen LogP contribution in [-0.4, -0.2) is 39.5 Å². The summed E-state index contributed by atoms with van der Waals surface area (Å²) in [6.07, 6.45) is 7.29. The third kappa shape index (κ3) is 2.49. The van der Waals surface area contributed by atoms with E-state index in [4.69, 9.17) is 5.73 Å². The Balaban J connectivity index is 2.03. The summed E-state index contributed by atoms with van der Waals surface area (Å²) in [6.45, 7) is 0. The van der Waals surface area contributed by atoms with Crippen molar-refractivity contribution in [1.29, 1.82) is 0 Å². The Morgan fingerprint density at radius 1 is 1.47 bits per heavy atom. The molecule has 2 rings (SSSR count). The average molecular weight is 236 g/mol. The maximum Gasteiger partial charge on any atom is 0.272 e. The van der Waals surface area contributed by atoms with Crippen molar-refractivity contribution in [1.82, 2.24) is 14.5 Å². The fraction of sp³-hybridized carbons (Fsp3) is 0.667. The number of nitrogens with zero attached hydrogens (tertiary/aromatic N) is 3. The third-order valence-corrected chi connectivity index (χ3v) is 3.65. The average Bonchev–Trinajstić information content (AvgIpc) is 2.74. The van der Waals surface area contributed by atoms with Crippen molar-refractivity contribution in [3.05, 3.63) is 18.2 Å². The van der Waals surface area contributed by atoms with Crippen LogP contribution in [0.15, 0.2) is 12.5 Å². The number of carbonyl (C=O) groups is 1.